The van der Waals surface area contributed by atoms with E-state index in [-0.39, 0.29) is 11.5 Å². The van der Waals surface area contributed by atoms with Crippen LogP contribution in [0.2, 0.25) is 15.1 Å². The van der Waals surface area contributed by atoms with Gasteiger partial charge < -0.3 is 21.7 Å². The number of nitrogens with two attached hydrogens (primary N) is 2. The summed E-state index contributed by atoms with van der Waals surface area (Å²) in [4.78, 5) is 0. The Bertz CT molecular complexity index is 1260. The van der Waals surface area contributed by atoms with E-state index in [2.05, 4.69) is 0 Å². The minimum Gasteiger partial charge on any atom is -0.508 e. The van der Waals surface area contributed by atoms with Gasteiger partial charge in [0.1, 0.15) is 11.5 Å². The molecule has 4 aromatic carbocycles. The van der Waals surface area contributed by atoms with E-state index < -0.39 is 0 Å². The lowest BCUT2D eigenvalue weighted by Crippen LogP contribution is -1.90. The maximum atomic E-state index is 9.53. The van der Waals surface area contributed by atoms with Crippen LogP contribution in [0.15, 0.2) is 72.8 Å². The first-order valence-electron chi connectivity index (χ1n) is 9.55. The molecule has 0 amide bonds. The fourth-order valence-corrected chi connectivity index (χ4v) is 3.99. The molecule has 0 aliphatic carbocycles. The monoisotopic (exact) mass is 486 g/mol. The van der Waals surface area contributed by atoms with Crippen LogP contribution in [-0.2, 0) is 0 Å². The van der Waals surface area contributed by atoms with Gasteiger partial charge in [0, 0.05) is 21.2 Å². The molecule has 0 saturated carbocycles. The Labute approximate surface area is 201 Å². The van der Waals surface area contributed by atoms with Crippen molar-refractivity contribution >= 4 is 46.2 Å². The number of rotatable bonds is 2. The number of benzene rings is 4. The van der Waals surface area contributed by atoms with E-state index in [0.717, 1.165) is 22.3 Å². The normalized spacial score (nSPS) is 10.4. The van der Waals surface area contributed by atoms with Gasteiger partial charge in [0.25, 0.3) is 0 Å². The highest BCUT2D eigenvalue weighted by Gasteiger charge is 2.10. The predicted molar refractivity (Wildman–Crippen MR) is 136 cm³/mol. The van der Waals surface area contributed by atoms with Crippen LogP contribution in [0.5, 0.6) is 11.5 Å². The third-order valence-electron chi connectivity index (χ3n) is 4.68. The number of aryl methyl sites for hydroxylation is 1. The molecular formula is C25H21Cl3N2O2. The highest BCUT2D eigenvalue weighted by atomic mass is 35.5. The summed E-state index contributed by atoms with van der Waals surface area (Å²) in [5.74, 6) is 0.238. The minimum absolute atomic E-state index is 0.0217. The van der Waals surface area contributed by atoms with E-state index in [1.165, 1.54) is 0 Å². The fourth-order valence-electron chi connectivity index (χ4n) is 3.15. The molecule has 0 atom stereocenters. The number of anilines is 2. The number of phenols is 2. The summed E-state index contributed by atoms with van der Waals surface area (Å²) in [7, 11) is 0. The molecule has 0 bridgehead atoms. The van der Waals surface area contributed by atoms with Gasteiger partial charge >= 0.3 is 0 Å². The van der Waals surface area contributed by atoms with Gasteiger partial charge in [-0.2, -0.15) is 0 Å². The number of nitrogen functional groups attached to an aromatic ring is 2. The Morgan fingerprint density at radius 3 is 1.97 bits per heavy atom. The Morgan fingerprint density at radius 1 is 0.688 bits per heavy atom. The molecule has 0 aliphatic rings. The van der Waals surface area contributed by atoms with E-state index in [1.807, 2.05) is 25.1 Å². The maximum absolute atomic E-state index is 9.53. The van der Waals surface area contributed by atoms with Crippen LogP contribution >= 0.6 is 34.8 Å². The zero-order valence-corrected chi connectivity index (χ0v) is 19.4. The predicted octanol–water partition coefficient (Wildman–Crippen LogP) is 7.55. The van der Waals surface area contributed by atoms with Gasteiger partial charge in [-0.25, -0.2) is 0 Å². The van der Waals surface area contributed by atoms with Crippen LogP contribution in [0.4, 0.5) is 11.4 Å². The lowest BCUT2D eigenvalue weighted by Gasteiger charge is -2.09. The lowest BCUT2D eigenvalue weighted by atomic mass is 10.0. The van der Waals surface area contributed by atoms with E-state index in [4.69, 9.17) is 46.3 Å². The number of hydrogen-bond acceptors (Lipinski definition) is 4. The third kappa shape index (κ3) is 5.40. The van der Waals surface area contributed by atoms with Crippen LogP contribution in [-0.4, -0.2) is 10.2 Å². The van der Waals surface area contributed by atoms with Crippen molar-refractivity contribution in [3.05, 3.63) is 93.4 Å². The van der Waals surface area contributed by atoms with Crippen molar-refractivity contribution in [1.29, 1.82) is 0 Å². The van der Waals surface area contributed by atoms with Gasteiger partial charge in [-0.1, -0.05) is 59.1 Å². The van der Waals surface area contributed by atoms with Gasteiger partial charge in [-0.05, 0) is 72.1 Å². The second kappa shape index (κ2) is 10.0. The molecular weight excluding hydrogens is 467 g/mol. The van der Waals surface area contributed by atoms with Crippen molar-refractivity contribution in [3.8, 4) is 33.8 Å². The summed E-state index contributed by atoms with van der Waals surface area (Å²) in [6.07, 6.45) is 0. The third-order valence-corrected chi connectivity index (χ3v) is 5.74. The summed E-state index contributed by atoms with van der Waals surface area (Å²) in [5, 5.41) is 20.6. The first-order valence-corrected chi connectivity index (χ1v) is 10.7. The Kier molecular flexibility index (Phi) is 7.41. The van der Waals surface area contributed by atoms with E-state index in [1.54, 1.807) is 54.6 Å². The summed E-state index contributed by atoms with van der Waals surface area (Å²) in [6, 6.07) is 20.9. The zero-order valence-electron chi connectivity index (χ0n) is 17.1. The number of phenolic OH excluding ortho intramolecular Hbond substituents is 2. The zero-order chi connectivity index (χ0) is 23.4. The smallest absolute Gasteiger partial charge is 0.139 e. The topological polar surface area (TPSA) is 92.5 Å². The average molecular weight is 488 g/mol. The highest BCUT2D eigenvalue weighted by molar-refractivity contribution is 6.39. The summed E-state index contributed by atoms with van der Waals surface area (Å²) in [5.41, 5.74) is 16.4. The molecule has 0 fully saturated rings. The molecule has 4 aromatic rings. The quantitative estimate of drug-likeness (QED) is 0.173. The summed E-state index contributed by atoms with van der Waals surface area (Å²) in [6.45, 7) is 1.96. The van der Waals surface area contributed by atoms with E-state index in [9.17, 15) is 10.2 Å². The number of halogens is 3. The molecule has 7 heteroatoms. The molecule has 164 valence electrons. The van der Waals surface area contributed by atoms with Crippen molar-refractivity contribution in [2.75, 3.05) is 11.5 Å². The first-order chi connectivity index (χ1) is 15.2. The summed E-state index contributed by atoms with van der Waals surface area (Å²) < 4.78 is 0. The molecule has 6 N–H and O–H groups in total. The molecule has 4 nitrogen and oxygen atoms in total. The van der Waals surface area contributed by atoms with Crippen LogP contribution < -0.4 is 11.5 Å². The average Bonchev–Trinajstić information content (AvgIpc) is 2.73. The molecule has 0 saturated heterocycles. The Morgan fingerprint density at radius 2 is 1.34 bits per heavy atom. The molecule has 0 radical (unpaired) electrons. The van der Waals surface area contributed by atoms with Crippen LogP contribution in [0.25, 0.3) is 22.3 Å². The van der Waals surface area contributed by atoms with Gasteiger partial charge in [0.15, 0.2) is 0 Å². The molecule has 0 aliphatic heterocycles. The Hall–Kier alpha value is -3.05. The van der Waals surface area contributed by atoms with Gasteiger partial charge in [-0.3, -0.25) is 0 Å². The molecule has 0 spiro atoms. The molecule has 0 unspecified atom stereocenters. The van der Waals surface area contributed by atoms with Crippen molar-refractivity contribution < 1.29 is 10.2 Å². The summed E-state index contributed by atoms with van der Waals surface area (Å²) >= 11 is 18.3. The fraction of sp³-hybridized carbons (Fsp3) is 0.0400. The Balaban J connectivity index is 0.000000181. The molecule has 0 heterocycles. The second-order valence-electron chi connectivity index (χ2n) is 7.14. The standard InChI is InChI=1S/C13H12ClNO.C12H9Cl2NO/c1-8-5-11(13(14)12(15)6-8)9-3-2-4-10(16)7-9;13-8-2-1-3-9(14)12(8)7-4-5-10(15)11(16)6-7/h2-7,16H,15H2,1H3;1-6,16H,15H2. The van der Waals surface area contributed by atoms with Gasteiger partial charge in [0.2, 0.25) is 0 Å². The molecule has 32 heavy (non-hydrogen) atoms. The lowest BCUT2D eigenvalue weighted by molar-refractivity contribution is 0.475. The SMILES string of the molecule is Cc1cc(N)c(Cl)c(-c2cccc(O)c2)c1.Nc1ccc(-c2c(Cl)cccc2Cl)cc1O. The first kappa shape index (κ1) is 23.6. The van der Waals surface area contributed by atoms with Crippen LogP contribution in [0.1, 0.15) is 5.56 Å². The van der Waals surface area contributed by atoms with E-state index in [0.29, 0.717) is 32.0 Å². The van der Waals surface area contributed by atoms with Gasteiger partial charge in [0.05, 0.1) is 16.4 Å². The van der Waals surface area contributed by atoms with Crippen molar-refractivity contribution in [3.63, 3.8) is 0 Å². The molecule has 0 aromatic heterocycles. The van der Waals surface area contributed by atoms with Gasteiger partial charge in [-0.15, -0.1) is 0 Å². The highest BCUT2D eigenvalue weighted by Crippen LogP contribution is 2.37. The van der Waals surface area contributed by atoms with Crippen LogP contribution in [0.3, 0.4) is 0 Å². The largest absolute Gasteiger partial charge is 0.508 e. The minimum atomic E-state index is 0.0217. The van der Waals surface area contributed by atoms with Crippen molar-refractivity contribution in [2.24, 2.45) is 0 Å². The van der Waals surface area contributed by atoms with Crippen LogP contribution in [0, 0.1) is 6.92 Å². The van der Waals surface area contributed by atoms with Crippen molar-refractivity contribution in [2.45, 2.75) is 6.92 Å². The molecule has 4 rings (SSSR count). The maximum Gasteiger partial charge on any atom is 0.139 e. The number of aromatic hydroxyl groups is 2. The van der Waals surface area contributed by atoms with E-state index >= 15 is 0 Å². The van der Waals surface area contributed by atoms with Crippen molar-refractivity contribution in [1.82, 2.24) is 0 Å². The number of hydrogen-bond donors (Lipinski definition) is 4. The second-order valence-corrected chi connectivity index (χ2v) is 8.33.